The molecule has 56 heavy (non-hydrogen) atoms. The number of ether oxygens (including phenoxy) is 2. The SMILES string of the molecule is CCCCCCCCCC/C=C\CCCCCCCCCCCCCC(=O)OC(COCCCCCCCCCCCCCC)COP(=O)(O)OCC(O)CO. The first-order valence-corrected chi connectivity index (χ1v) is 25.2. The van der Waals surface area contributed by atoms with Gasteiger partial charge in [0.25, 0.3) is 0 Å². The largest absolute Gasteiger partial charge is 0.472 e. The third-order valence-corrected chi connectivity index (χ3v) is 11.4. The summed E-state index contributed by atoms with van der Waals surface area (Å²) >= 11 is 0. The lowest BCUT2D eigenvalue weighted by Crippen LogP contribution is -2.29. The Morgan fingerprint density at radius 1 is 0.536 bits per heavy atom. The van der Waals surface area contributed by atoms with Crippen molar-refractivity contribution in [3.05, 3.63) is 12.2 Å². The highest BCUT2D eigenvalue weighted by Gasteiger charge is 2.26. The molecule has 3 atom stereocenters. The van der Waals surface area contributed by atoms with Gasteiger partial charge in [-0.1, -0.05) is 199 Å². The van der Waals surface area contributed by atoms with Gasteiger partial charge < -0.3 is 24.6 Å². The fraction of sp³-hybridized carbons (Fsp3) is 0.935. The minimum atomic E-state index is -4.51. The molecule has 334 valence electrons. The van der Waals surface area contributed by atoms with E-state index < -0.39 is 33.2 Å². The highest BCUT2D eigenvalue weighted by molar-refractivity contribution is 7.47. The van der Waals surface area contributed by atoms with Crippen LogP contribution in [0.5, 0.6) is 0 Å². The number of carbonyl (C=O) groups is 1. The molecule has 0 spiro atoms. The van der Waals surface area contributed by atoms with Gasteiger partial charge in [0.2, 0.25) is 0 Å². The molecule has 0 fully saturated rings. The molecule has 0 radical (unpaired) electrons. The molecule has 0 heterocycles. The zero-order valence-electron chi connectivity index (χ0n) is 36.6. The van der Waals surface area contributed by atoms with Gasteiger partial charge in [-0.25, -0.2) is 4.57 Å². The maximum atomic E-state index is 12.6. The summed E-state index contributed by atoms with van der Waals surface area (Å²) in [5.41, 5.74) is 0. The van der Waals surface area contributed by atoms with E-state index in [1.807, 2.05) is 0 Å². The molecule has 0 aliphatic rings. The smallest absolute Gasteiger partial charge is 0.457 e. The summed E-state index contributed by atoms with van der Waals surface area (Å²) in [7, 11) is -4.51. The van der Waals surface area contributed by atoms with Crippen molar-refractivity contribution in [2.75, 3.05) is 33.0 Å². The van der Waals surface area contributed by atoms with Gasteiger partial charge in [0.05, 0.1) is 26.4 Å². The van der Waals surface area contributed by atoms with Crippen molar-refractivity contribution in [1.29, 1.82) is 0 Å². The van der Waals surface area contributed by atoms with Crippen molar-refractivity contribution in [3.8, 4) is 0 Å². The van der Waals surface area contributed by atoms with Crippen LogP contribution in [0.25, 0.3) is 0 Å². The van der Waals surface area contributed by atoms with Crippen LogP contribution in [-0.4, -0.2) is 66.3 Å². The minimum Gasteiger partial charge on any atom is -0.457 e. The lowest BCUT2D eigenvalue weighted by Gasteiger charge is -2.20. The first-order valence-electron chi connectivity index (χ1n) is 23.7. The topological polar surface area (TPSA) is 132 Å². The summed E-state index contributed by atoms with van der Waals surface area (Å²) in [4.78, 5) is 22.6. The monoisotopic (exact) mass is 819 g/mol. The summed E-state index contributed by atoms with van der Waals surface area (Å²) < 4.78 is 33.4. The molecule has 10 heteroatoms. The van der Waals surface area contributed by atoms with E-state index in [0.29, 0.717) is 6.61 Å². The first-order chi connectivity index (χ1) is 27.3. The van der Waals surface area contributed by atoms with Crippen LogP contribution in [0.3, 0.4) is 0 Å². The van der Waals surface area contributed by atoms with Crippen molar-refractivity contribution >= 4 is 13.8 Å². The van der Waals surface area contributed by atoms with Crippen molar-refractivity contribution in [3.63, 3.8) is 0 Å². The molecule has 0 amide bonds. The van der Waals surface area contributed by atoms with Gasteiger partial charge in [-0.2, -0.15) is 0 Å². The summed E-state index contributed by atoms with van der Waals surface area (Å²) in [5, 5.41) is 18.4. The van der Waals surface area contributed by atoms with Gasteiger partial charge in [0.15, 0.2) is 0 Å². The molecule has 0 rings (SSSR count). The zero-order valence-corrected chi connectivity index (χ0v) is 37.5. The third kappa shape index (κ3) is 42.8. The molecule has 0 bridgehead atoms. The van der Waals surface area contributed by atoms with E-state index in [1.54, 1.807) is 0 Å². The molecule has 0 aliphatic heterocycles. The van der Waals surface area contributed by atoms with Crippen LogP contribution in [0.4, 0.5) is 0 Å². The number of hydrogen-bond acceptors (Lipinski definition) is 8. The van der Waals surface area contributed by atoms with Gasteiger partial charge in [-0.3, -0.25) is 13.8 Å². The van der Waals surface area contributed by atoms with E-state index in [0.717, 1.165) is 32.1 Å². The predicted molar refractivity (Wildman–Crippen MR) is 233 cm³/mol. The Balaban J connectivity index is 4.02. The number of unbranched alkanes of at least 4 members (excludes halogenated alkanes) is 30. The van der Waals surface area contributed by atoms with Crippen LogP contribution in [0.2, 0.25) is 0 Å². The molecular formula is C46H91O9P. The number of rotatable bonds is 46. The van der Waals surface area contributed by atoms with Crippen molar-refractivity contribution in [1.82, 2.24) is 0 Å². The second-order valence-corrected chi connectivity index (χ2v) is 17.6. The van der Waals surface area contributed by atoms with Crippen molar-refractivity contribution in [2.24, 2.45) is 0 Å². The maximum Gasteiger partial charge on any atom is 0.472 e. The number of hydrogen-bond donors (Lipinski definition) is 3. The van der Waals surface area contributed by atoms with Gasteiger partial charge >= 0.3 is 13.8 Å². The highest BCUT2D eigenvalue weighted by Crippen LogP contribution is 2.43. The maximum absolute atomic E-state index is 12.6. The Morgan fingerprint density at radius 3 is 1.34 bits per heavy atom. The van der Waals surface area contributed by atoms with E-state index in [1.165, 1.54) is 180 Å². The van der Waals surface area contributed by atoms with E-state index in [9.17, 15) is 19.4 Å². The molecule has 0 aromatic carbocycles. The van der Waals surface area contributed by atoms with Gasteiger partial charge in [-0.05, 0) is 38.5 Å². The van der Waals surface area contributed by atoms with Crippen molar-refractivity contribution < 1.29 is 43.0 Å². The van der Waals surface area contributed by atoms with E-state index in [4.69, 9.17) is 23.6 Å². The third-order valence-electron chi connectivity index (χ3n) is 10.5. The van der Waals surface area contributed by atoms with Crippen LogP contribution < -0.4 is 0 Å². The number of phosphoric ester groups is 1. The van der Waals surface area contributed by atoms with E-state index in [-0.39, 0.29) is 25.6 Å². The Kier molecular flexibility index (Phi) is 43.1. The summed E-state index contributed by atoms with van der Waals surface area (Å²) in [5.74, 6) is -0.379. The Bertz CT molecular complexity index is 887. The standard InChI is InChI=1S/C46H91O9P/c1-3-5-7-9-11-13-15-17-18-19-20-21-22-23-24-25-26-27-28-30-32-34-36-38-46(49)55-45(43-54-56(50,51)53-41-44(48)40-47)42-52-39-37-35-33-31-29-16-14-12-10-8-6-4-2/h19-20,44-45,47-48H,3-18,21-43H2,1-2H3,(H,50,51)/b20-19-. The van der Waals surface area contributed by atoms with Crippen LogP contribution in [0.15, 0.2) is 12.2 Å². The number of aliphatic hydroxyl groups is 2. The lowest BCUT2D eigenvalue weighted by atomic mass is 10.0. The van der Waals surface area contributed by atoms with Gasteiger partial charge in [0.1, 0.15) is 12.2 Å². The molecule has 0 saturated carbocycles. The minimum absolute atomic E-state index is 0.0550. The van der Waals surface area contributed by atoms with Gasteiger partial charge in [-0.15, -0.1) is 0 Å². The number of aliphatic hydroxyl groups excluding tert-OH is 2. The molecule has 0 saturated heterocycles. The first kappa shape index (κ1) is 55.2. The Hall–Kier alpha value is -0.800. The van der Waals surface area contributed by atoms with Crippen LogP contribution >= 0.6 is 7.82 Å². The molecule has 9 nitrogen and oxygen atoms in total. The molecule has 0 aromatic rings. The molecule has 3 unspecified atom stereocenters. The average molecular weight is 819 g/mol. The van der Waals surface area contributed by atoms with Crippen LogP contribution in [0.1, 0.15) is 232 Å². The fourth-order valence-corrected chi connectivity index (χ4v) is 7.61. The second kappa shape index (κ2) is 43.8. The number of phosphoric acid groups is 1. The average Bonchev–Trinajstić information content (AvgIpc) is 3.19. The zero-order chi connectivity index (χ0) is 41.1. The normalized spacial score (nSPS) is 14.0. The summed E-state index contributed by atoms with van der Waals surface area (Å²) in [6.45, 7) is 3.56. The van der Waals surface area contributed by atoms with Crippen LogP contribution in [-0.2, 0) is 27.9 Å². The number of carbonyl (C=O) groups excluding carboxylic acids is 1. The van der Waals surface area contributed by atoms with E-state index in [2.05, 4.69) is 26.0 Å². The number of allylic oxidation sites excluding steroid dienone is 2. The predicted octanol–water partition coefficient (Wildman–Crippen LogP) is 13.3. The molecule has 0 aliphatic carbocycles. The summed E-state index contributed by atoms with van der Waals surface area (Å²) in [6, 6.07) is 0. The fourth-order valence-electron chi connectivity index (χ4n) is 6.82. The van der Waals surface area contributed by atoms with Gasteiger partial charge in [0, 0.05) is 13.0 Å². The quantitative estimate of drug-likeness (QED) is 0.0238. The Morgan fingerprint density at radius 2 is 0.911 bits per heavy atom. The number of esters is 1. The van der Waals surface area contributed by atoms with Crippen LogP contribution in [0, 0.1) is 0 Å². The van der Waals surface area contributed by atoms with E-state index >= 15 is 0 Å². The lowest BCUT2D eigenvalue weighted by molar-refractivity contribution is -0.154. The molecular weight excluding hydrogens is 727 g/mol. The highest BCUT2D eigenvalue weighted by atomic mass is 31.2. The molecule has 0 aromatic heterocycles. The molecule has 3 N–H and O–H groups in total. The van der Waals surface area contributed by atoms with Crippen molar-refractivity contribution in [2.45, 2.75) is 244 Å². The Labute approximate surface area is 345 Å². The second-order valence-electron chi connectivity index (χ2n) is 16.1. The summed E-state index contributed by atoms with van der Waals surface area (Å²) in [6.07, 6.45) is 44.6.